The van der Waals surface area contributed by atoms with Gasteiger partial charge in [-0.05, 0) is 38.0 Å². The zero-order valence-corrected chi connectivity index (χ0v) is 10.5. The van der Waals surface area contributed by atoms with Crippen molar-refractivity contribution in [2.45, 2.75) is 31.8 Å². The second-order valence-corrected chi connectivity index (χ2v) is 4.39. The molecule has 3 nitrogen and oxygen atoms in total. The molecule has 5 heteroatoms. The van der Waals surface area contributed by atoms with Gasteiger partial charge < -0.3 is 16.2 Å². The van der Waals surface area contributed by atoms with Crippen LogP contribution in [0.5, 0.6) is 0 Å². The molecule has 0 heterocycles. The molecule has 4 N–H and O–H groups in total. The molecule has 0 aromatic heterocycles. The molecule has 0 aliphatic rings. The quantitative estimate of drug-likeness (QED) is 0.698. The van der Waals surface area contributed by atoms with E-state index in [0.717, 1.165) is 18.6 Å². The molecule has 0 saturated carbocycles. The second-order valence-electron chi connectivity index (χ2n) is 4.39. The number of hydrogen-bond donors (Lipinski definition) is 3. The monoisotopic (exact) mass is 258 g/mol. The maximum atomic E-state index is 13.6. The largest absolute Gasteiger partial charge is 0.396 e. The third-order valence-electron chi connectivity index (χ3n) is 2.85. The standard InChI is InChI=1S/C13H20F2N2O/c1-9(3-2-6-18)17-13(8-16)11-7-10(14)4-5-12(11)15/h4-5,7,9,13,17-18H,2-3,6,8,16H2,1H3. The number of aliphatic hydroxyl groups is 1. The van der Waals surface area contributed by atoms with Gasteiger partial charge in [0.25, 0.3) is 0 Å². The van der Waals surface area contributed by atoms with Crippen molar-refractivity contribution in [3.63, 3.8) is 0 Å². The van der Waals surface area contributed by atoms with E-state index in [2.05, 4.69) is 5.32 Å². The van der Waals surface area contributed by atoms with Gasteiger partial charge in [-0.25, -0.2) is 8.78 Å². The molecule has 0 amide bonds. The Morgan fingerprint density at radius 3 is 2.72 bits per heavy atom. The summed E-state index contributed by atoms with van der Waals surface area (Å²) in [7, 11) is 0. The maximum Gasteiger partial charge on any atom is 0.128 e. The van der Waals surface area contributed by atoms with E-state index in [1.807, 2.05) is 6.92 Å². The molecule has 0 aliphatic carbocycles. The van der Waals surface area contributed by atoms with E-state index >= 15 is 0 Å². The number of rotatable bonds is 7. The third-order valence-corrected chi connectivity index (χ3v) is 2.85. The molecular formula is C13H20F2N2O. The molecule has 1 aromatic carbocycles. The Morgan fingerprint density at radius 2 is 2.11 bits per heavy atom. The molecule has 0 spiro atoms. The summed E-state index contributed by atoms with van der Waals surface area (Å²) in [6.45, 7) is 2.23. The van der Waals surface area contributed by atoms with E-state index in [0.29, 0.717) is 6.42 Å². The molecule has 0 aliphatic heterocycles. The van der Waals surface area contributed by atoms with Crippen LogP contribution in [0, 0.1) is 11.6 Å². The average molecular weight is 258 g/mol. The molecule has 0 bridgehead atoms. The van der Waals surface area contributed by atoms with Crippen molar-refractivity contribution in [2.24, 2.45) is 5.73 Å². The van der Waals surface area contributed by atoms with E-state index in [1.54, 1.807) is 0 Å². The molecule has 2 unspecified atom stereocenters. The van der Waals surface area contributed by atoms with Gasteiger partial charge in [0.15, 0.2) is 0 Å². The SMILES string of the molecule is CC(CCCO)NC(CN)c1cc(F)ccc1F. The van der Waals surface area contributed by atoms with Crippen LogP contribution in [0.3, 0.4) is 0 Å². The van der Waals surface area contributed by atoms with Crippen LogP contribution in [0.1, 0.15) is 31.4 Å². The van der Waals surface area contributed by atoms with Gasteiger partial charge in [0, 0.05) is 30.8 Å². The summed E-state index contributed by atoms with van der Waals surface area (Å²) in [5.41, 5.74) is 5.84. The van der Waals surface area contributed by atoms with Crippen molar-refractivity contribution in [1.82, 2.24) is 5.32 Å². The number of aliphatic hydroxyl groups excluding tert-OH is 1. The zero-order valence-electron chi connectivity index (χ0n) is 10.5. The normalized spacial score (nSPS) is 14.5. The van der Waals surface area contributed by atoms with E-state index < -0.39 is 17.7 Å². The zero-order chi connectivity index (χ0) is 13.5. The van der Waals surface area contributed by atoms with Gasteiger partial charge in [-0.2, -0.15) is 0 Å². The van der Waals surface area contributed by atoms with Gasteiger partial charge >= 0.3 is 0 Å². The summed E-state index contributed by atoms with van der Waals surface area (Å²) in [4.78, 5) is 0. The Hall–Kier alpha value is -1.04. The minimum atomic E-state index is -0.477. The molecule has 102 valence electrons. The van der Waals surface area contributed by atoms with E-state index in [-0.39, 0.29) is 24.8 Å². The number of nitrogens with two attached hydrogens (primary N) is 1. The first-order valence-corrected chi connectivity index (χ1v) is 6.10. The molecule has 1 rings (SSSR count). The smallest absolute Gasteiger partial charge is 0.128 e. The Kier molecular flexibility index (Phi) is 6.18. The minimum absolute atomic E-state index is 0.0772. The first-order chi connectivity index (χ1) is 8.58. The fraction of sp³-hybridized carbons (Fsp3) is 0.538. The summed E-state index contributed by atoms with van der Waals surface area (Å²) in [5.74, 6) is -0.941. The highest BCUT2D eigenvalue weighted by molar-refractivity contribution is 5.22. The predicted molar refractivity (Wildman–Crippen MR) is 67.1 cm³/mol. The maximum absolute atomic E-state index is 13.6. The molecule has 0 radical (unpaired) electrons. The van der Waals surface area contributed by atoms with Gasteiger partial charge in [0.1, 0.15) is 11.6 Å². The fourth-order valence-electron chi connectivity index (χ4n) is 1.89. The summed E-state index contributed by atoms with van der Waals surface area (Å²) < 4.78 is 26.7. The number of benzene rings is 1. The second kappa shape index (κ2) is 7.41. The van der Waals surface area contributed by atoms with Gasteiger partial charge in [0.2, 0.25) is 0 Å². The summed E-state index contributed by atoms with van der Waals surface area (Å²) >= 11 is 0. The summed E-state index contributed by atoms with van der Waals surface area (Å²) in [6, 6.07) is 3.01. The lowest BCUT2D eigenvalue weighted by molar-refractivity contribution is 0.273. The highest BCUT2D eigenvalue weighted by atomic mass is 19.1. The van der Waals surface area contributed by atoms with Crippen LogP contribution in [0.25, 0.3) is 0 Å². The Labute approximate surface area is 106 Å². The lowest BCUT2D eigenvalue weighted by Gasteiger charge is -2.23. The summed E-state index contributed by atoms with van der Waals surface area (Å²) in [5, 5.41) is 11.9. The van der Waals surface area contributed by atoms with Crippen molar-refractivity contribution in [3.05, 3.63) is 35.4 Å². The number of halogens is 2. The average Bonchev–Trinajstić information content (AvgIpc) is 2.36. The summed E-state index contributed by atoms with van der Waals surface area (Å²) in [6.07, 6.45) is 1.42. The van der Waals surface area contributed by atoms with Crippen LogP contribution in [0.4, 0.5) is 8.78 Å². The van der Waals surface area contributed by atoms with Crippen molar-refractivity contribution in [3.8, 4) is 0 Å². The topological polar surface area (TPSA) is 58.3 Å². The van der Waals surface area contributed by atoms with Crippen LogP contribution in [0.2, 0.25) is 0 Å². The lowest BCUT2D eigenvalue weighted by atomic mass is 10.0. The molecule has 0 saturated heterocycles. The van der Waals surface area contributed by atoms with Crippen molar-refractivity contribution < 1.29 is 13.9 Å². The number of hydrogen-bond acceptors (Lipinski definition) is 3. The molecular weight excluding hydrogens is 238 g/mol. The van der Waals surface area contributed by atoms with E-state index in [9.17, 15) is 8.78 Å². The van der Waals surface area contributed by atoms with E-state index in [4.69, 9.17) is 10.8 Å². The van der Waals surface area contributed by atoms with E-state index in [1.165, 1.54) is 6.07 Å². The fourth-order valence-corrected chi connectivity index (χ4v) is 1.89. The van der Waals surface area contributed by atoms with Gasteiger partial charge in [-0.15, -0.1) is 0 Å². The van der Waals surface area contributed by atoms with Crippen LogP contribution in [-0.2, 0) is 0 Å². The highest BCUT2D eigenvalue weighted by Gasteiger charge is 2.17. The third kappa shape index (κ3) is 4.33. The highest BCUT2D eigenvalue weighted by Crippen LogP contribution is 2.18. The van der Waals surface area contributed by atoms with Gasteiger partial charge in [0.05, 0.1) is 0 Å². The first-order valence-electron chi connectivity index (χ1n) is 6.10. The number of nitrogens with one attached hydrogen (secondary N) is 1. The first kappa shape index (κ1) is 15.0. The Balaban J connectivity index is 2.73. The van der Waals surface area contributed by atoms with Crippen molar-refractivity contribution in [1.29, 1.82) is 0 Å². The Morgan fingerprint density at radius 1 is 1.39 bits per heavy atom. The molecule has 0 fully saturated rings. The van der Waals surface area contributed by atoms with Crippen LogP contribution in [-0.4, -0.2) is 24.3 Å². The van der Waals surface area contributed by atoms with Gasteiger partial charge in [-0.3, -0.25) is 0 Å². The van der Waals surface area contributed by atoms with Crippen LogP contribution >= 0.6 is 0 Å². The Bertz CT molecular complexity index is 374. The predicted octanol–water partition coefficient (Wildman–Crippen LogP) is 1.72. The van der Waals surface area contributed by atoms with Crippen molar-refractivity contribution in [2.75, 3.05) is 13.2 Å². The lowest BCUT2D eigenvalue weighted by Crippen LogP contribution is -2.35. The van der Waals surface area contributed by atoms with Gasteiger partial charge in [-0.1, -0.05) is 0 Å². The molecule has 18 heavy (non-hydrogen) atoms. The minimum Gasteiger partial charge on any atom is -0.396 e. The molecule has 2 atom stereocenters. The van der Waals surface area contributed by atoms with Crippen LogP contribution in [0.15, 0.2) is 18.2 Å². The van der Waals surface area contributed by atoms with Crippen molar-refractivity contribution >= 4 is 0 Å². The molecule has 1 aromatic rings. The van der Waals surface area contributed by atoms with Crippen LogP contribution < -0.4 is 11.1 Å².